The highest BCUT2D eigenvalue weighted by molar-refractivity contribution is 8.00. The van der Waals surface area contributed by atoms with E-state index in [0.717, 1.165) is 11.3 Å². The summed E-state index contributed by atoms with van der Waals surface area (Å²) in [5.41, 5.74) is 6.46. The van der Waals surface area contributed by atoms with Crippen LogP contribution in [0.25, 0.3) is 0 Å². The lowest BCUT2D eigenvalue weighted by Crippen LogP contribution is -2.18. The highest BCUT2D eigenvalue weighted by Gasteiger charge is 2.14. The molecule has 4 nitrogen and oxygen atoms in total. The van der Waals surface area contributed by atoms with E-state index in [0.29, 0.717) is 10.9 Å². The molecule has 1 atom stereocenters. The number of rotatable bonds is 5. The Kier molecular flexibility index (Phi) is 4.85. The minimum atomic E-state index is -3.40. The number of thioether (sulfide) groups is 1. The van der Waals surface area contributed by atoms with E-state index < -0.39 is 10.0 Å². The maximum absolute atomic E-state index is 11.7. The van der Waals surface area contributed by atoms with Gasteiger partial charge in [-0.15, -0.1) is 11.8 Å². The van der Waals surface area contributed by atoms with Crippen molar-refractivity contribution in [1.82, 2.24) is 4.72 Å². The Morgan fingerprint density at radius 2 is 2.12 bits per heavy atom. The van der Waals surface area contributed by atoms with E-state index in [1.165, 1.54) is 13.1 Å². The second-order valence-electron chi connectivity index (χ2n) is 3.74. The van der Waals surface area contributed by atoms with Gasteiger partial charge in [0.25, 0.3) is 0 Å². The maximum Gasteiger partial charge on any atom is 0.240 e. The van der Waals surface area contributed by atoms with E-state index in [1.54, 1.807) is 23.9 Å². The molecule has 1 rings (SSSR count). The molecule has 0 saturated carbocycles. The molecule has 0 heterocycles. The summed E-state index contributed by atoms with van der Waals surface area (Å²) >= 11 is 1.59. The lowest BCUT2D eigenvalue weighted by Gasteiger charge is -2.12. The molecule has 0 amide bonds. The van der Waals surface area contributed by atoms with Gasteiger partial charge in [0, 0.05) is 15.8 Å². The van der Waals surface area contributed by atoms with Crippen molar-refractivity contribution in [3.63, 3.8) is 0 Å². The van der Waals surface area contributed by atoms with Gasteiger partial charge in [-0.1, -0.05) is 13.8 Å². The smallest absolute Gasteiger partial charge is 0.240 e. The molecule has 6 heteroatoms. The standard InChI is InChI=1S/C11H18N2O2S2/c1-4-8(2)16-11-7-9(5-6-10(11)12)17(14,15)13-3/h5-8,13H,4,12H2,1-3H3. The molecule has 17 heavy (non-hydrogen) atoms. The molecule has 0 aliphatic carbocycles. The van der Waals surface area contributed by atoms with E-state index >= 15 is 0 Å². The average molecular weight is 274 g/mol. The molecular weight excluding hydrogens is 256 g/mol. The third-order valence-electron chi connectivity index (χ3n) is 2.47. The third-order valence-corrected chi connectivity index (χ3v) is 5.22. The first-order valence-corrected chi connectivity index (χ1v) is 7.76. The van der Waals surface area contributed by atoms with Crippen molar-refractivity contribution in [2.24, 2.45) is 0 Å². The molecule has 3 N–H and O–H groups in total. The van der Waals surface area contributed by atoms with Crippen LogP contribution in [0.5, 0.6) is 0 Å². The van der Waals surface area contributed by atoms with Crippen LogP contribution in [0.2, 0.25) is 0 Å². The number of benzene rings is 1. The van der Waals surface area contributed by atoms with Crippen LogP contribution < -0.4 is 10.5 Å². The first-order chi connectivity index (χ1) is 7.90. The second-order valence-corrected chi connectivity index (χ2v) is 7.11. The molecule has 0 aromatic heterocycles. The quantitative estimate of drug-likeness (QED) is 0.637. The number of sulfonamides is 1. The summed E-state index contributed by atoms with van der Waals surface area (Å²) in [6, 6.07) is 4.77. The van der Waals surface area contributed by atoms with Gasteiger partial charge in [0.2, 0.25) is 10.0 Å². The molecule has 0 radical (unpaired) electrons. The van der Waals surface area contributed by atoms with Crippen molar-refractivity contribution in [2.75, 3.05) is 12.8 Å². The second kappa shape index (κ2) is 5.75. The van der Waals surface area contributed by atoms with E-state index in [2.05, 4.69) is 18.6 Å². The van der Waals surface area contributed by atoms with Crippen LogP contribution in [0.3, 0.4) is 0 Å². The van der Waals surface area contributed by atoms with Crippen LogP contribution >= 0.6 is 11.8 Å². The fourth-order valence-electron chi connectivity index (χ4n) is 1.20. The molecule has 0 fully saturated rings. The van der Waals surface area contributed by atoms with Crippen LogP contribution in [-0.2, 0) is 10.0 Å². The molecule has 0 aliphatic heterocycles. The number of nitrogen functional groups attached to an aromatic ring is 1. The first-order valence-electron chi connectivity index (χ1n) is 5.40. The van der Waals surface area contributed by atoms with Gasteiger partial charge in [-0.2, -0.15) is 0 Å². The zero-order valence-corrected chi connectivity index (χ0v) is 11.9. The largest absolute Gasteiger partial charge is 0.398 e. The summed E-state index contributed by atoms with van der Waals surface area (Å²) in [5.74, 6) is 0. The van der Waals surface area contributed by atoms with Crippen LogP contribution in [0.15, 0.2) is 28.0 Å². The normalized spacial score (nSPS) is 13.6. The number of hydrogen-bond donors (Lipinski definition) is 2. The summed E-state index contributed by atoms with van der Waals surface area (Å²) in [6.07, 6.45) is 1.01. The highest BCUT2D eigenvalue weighted by Crippen LogP contribution is 2.31. The number of nitrogens with one attached hydrogen (secondary N) is 1. The fraction of sp³-hybridized carbons (Fsp3) is 0.455. The first kappa shape index (κ1) is 14.3. The molecule has 0 saturated heterocycles. The Morgan fingerprint density at radius 1 is 1.47 bits per heavy atom. The van der Waals surface area contributed by atoms with Crippen molar-refractivity contribution in [3.05, 3.63) is 18.2 Å². The molecule has 1 unspecified atom stereocenters. The predicted molar refractivity (Wildman–Crippen MR) is 72.7 cm³/mol. The van der Waals surface area contributed by atoms with Gasteiger partial charge in [-0.3, -0.25) is 0 Å². The van der Waals surface area contributed by atoms with Crippen LogP contribution in [-0.4, -0.2) is 20.7 Å². The SMILES string of the molecule is CCC(C)Sc1cc(S(=O)(=O)NC)ccc1N. The summed E-state index contributed by atoms with van der Waals surface area (Å²) in [5, 5.41) is 0.407. The molecule has 1 aromatic carbocycles. The summed E-state index contributed by atoms with van der Waals surface area (Å²) < 4.78 is 25.6. The number of nitrogens with two attached hydrogens (primary N) is 1. The Balaban J connectivity index is 3.11. The van der Waals surface area contributed by atoms with E-state index in [4.69, 9.17) is 5.73 Å². The zero-order valence-electron chi connectivity index (χ0n) is 10.2. The Morgan fingerprint density at radius 3 is 2.65 bits per heavy atom. The van der Waals surface area contributed by atoms with Gasteiger partial charge in [0.1, 0.15) is 0 Å². The van der Waals surface area contributed by atoms with Gasteiger partial charge < -0.3 is 5.73 Å². The molecule has 0 aliphatic rings. The zero-order chi connectivity index (χ0) is 13.1. The minimum Gasteiger partial charge on any atom is -0.398 e. The molecular formula is C11H18N2O2S2. The lowest BCUT2D eigenvalue weighted by atomic mass is 10.3. The number of hydrogen-bond acceptors (Lipinski definition) is 4. The third kappa shape index (κ3) is 3.62. The molecule has 1 aromatic rings. The van der Waals surface area contributed by atoms with E-state index in [-0.39, 0.29) is 4.90 Å². The van der Waals surface area contributed by atoms with Gasteiger partial charge >= 0.3 is 0 Å². The topological polar surface area (TPSA) is 72.2 Å². The van der Waals surface area contributed by atoms with Crippen molar-refractivity contribution < 1.29 is 8.42 Å². The van der Waals surface area contributed by atoms with Crippen molar-refractivity contribution in [2.45, 2.75) is 35.3 Å². The summed E-state index contributed by atoms with van der Waals surface area (Å²) in [6.45, 7) is 4.17. The van der Waals surface area contributed by atoms with Crippen molar-refractivity contribution in [1.29, 1.82) is 0 Å². The van der Waals surface area contributed by atoms with E-state index in [1.807, 2.05) is 0 Å². The molecule has 96 valence electrons. The van der Waals surface area contributed by atoms with Crippen molar-refractivity contribution in [3.8, 4) is 0 Å². The molecule has 0 bridgehead atoms. The maximum atomic E-state index is 11.7. The van der Waals surface area contributed by atoms with Crippen molar-refractivity contribution >= 4 is 27.5 Å². The average Bonchev–Trinajstić information content (AvgIpc) is 2.31. The Hall–Kier alpha value is -0.720. The lowest BCUT2D eigenvalue weighted by molar-refractivity contribution is 0.588. The van der Waals surface area contributed by atoms with Crippen LogP contribution in [0.4, 0.5) is 5.69 Å². The van der Waals surface area contributed by atoms with Gasteiger partial charge in [-0.05, 0) is 31.7 Å². The van der Waals surface area contributed by atoms with Crippen LogP contribution in [0.1, 0.15) is 20.3 Å². The predicted octanol–water partition coefficient (Wildman–Crippen LogP) is 2.07. The Bertz CT molecular complexity index is 486. The monoisotopic (exact) mass is 274 g/mol. The van der Waals surface area contributed by atoms with Gasteiger partial charge in [0.15, 0.2) is 0 Å². The summed E-state index contributed by atoms with van der Waals surface area (Å²) in [7, 11) is -2.00. The van der Waals surface area contributed by atoms with Gasteiger partial charge in [-0.25, -0.2) is 13.1 Å². The Labute approximate surface area is 107 Å². The van der Waals surface area contributed by atoms with E-state index in [9.17, 15) is 8.42 Å². The number of anilines is 1. The minimum absolute atomic E-state index is 0.250. The van der Waals surface area contributed by atoms with Crippen LogP contribution in [0, 0.1) is 0 Å². The van der Waals surface area contributed by atoms with Gasteiger partial charge in [0.05, 0.1) is 4.90 Å². The summed E-state index contributed by atoms with van der Waals surface area (Å²) in [4.78, 5) is 1.07. The molecule has 0 spiro atoms. The fourth-order valence-corrected chi connectivity index (χ4v) is 3.03. The highest BCUT2D eigenvalue weighted by atomic mass is 32.2.